The number of fused-ring (bicyclic) bond motifs is 2. The van der Waals surface area contributed by atoms with Crippen molar-refractivity contribution in [3.63, 3.8) is 0 Å². The minimum atomic E-state index is -5.20. The molecule has 11 nitrogen and oxygen atoms in total. The van der Waals surface area contributed by atoms with Crippen LogP contribution in [0.3, 0.4) is 0 Å². The number of benzene rings is 4. The van der Waals surface area contributed by atoms with Crippen LogP contribution in [0.1, 0.15) is 0 Å². The maximum atomic E-state index is 13.3. The van der Waals surface area contributed by atoms with Crippen molar-refractivity contribution in [1.29, 1.82) is 0 Å². The van der Waals surface area contributed by atoms with Crippen LogP contribution in [-0.4, -0.2) is 56.6 Å². The van der Waals surface area contributed by atoms with Gasteiger partial charge in [-0.25, -0.2) is 9.13 Å². The highest BCUT2D eigenvalue weighted by atomic mass is 31.3. The van der Waals surface area contributed by atoms with Gasteiger partial charge in [0.25, 0.3) is 0 Å². The van der Waals surface area contributed by atoms with E-state index in [1.54, 1.807) is 36.4 Å². The van der Waals surface area contributed by atoms with Gasteiger partial charge in [0.1, 0.15) is 11.5 Å². The Morgan fingerprint density at radius 1 is 0.579 bits per heavy atom. The Balaban J connectivity index is 0.000000383. The van der Waals surface area contributed by atoms with Gasteiger partial charge in [-0.15, -0.1) is 0 Å². The van der Waals surface area contributed by atoms with Gasteiger partial charge < -0.3 is 39.3 Å². The Kier molecular flexibility index (Phi) is 10.0. The summed E-state index contributed by atoms with van der Waals surface area (Å²) in [7, 11) is -9.95. The largest absolute Gasteiger partial charge is 0.596 e. The molecule has 4 aromatic rings. The third-order valence-corrected chi connectivity index (χ3v) is 7.96. The molecule has 0 saturated heterocycles. The molecule has 0 atom stereocenters. The normalized spacial score (nSPS) is 12.2. The second-order valence-corrected chi connectivity index (χ2v) is 11.2. The Hall–Kier alpha value is -2.82. The van der Waals surface area contributed by atoms with E-state index >= 15 is 0 Å². The highest BCUT2D eigenvalue weighted by Crippen LogP contribution is 2.61. The molecule has 0 amide bonds. The second-order valence-electron chi connectivity index (χ2n) is 8.29. The molecule has 0 aliphatic carbocycles. The van der Waals surface area contributed by atoms with Gasteiger partial charge in [0, 0.05) is 10.8 Å². The molecule has 0 spiro atoms. The molecular weight excluding hydrogens is 538 g/mol. The molecule has 0 aliphatic heterocycles. The molecular formula is C25H28O11P2. The van der Waals surface area contributed by atoms with Gasteiger partial charge in [-0.2, -0.15) is 4.31 Å². The van der Waals surface area contributed by atoms with Gasteiger partial charge in [0.2, 0.25) is 0 Å². The van der Waals surface area contributed by atoms with E-state index in [0.29, 0.717) is 10.8 Å². The van der Waals surface area contributed by atoms with Crippen LogP contribution >= 0.6 is 15.6 Å². The molecule has 0 saturated carbocycles. The van der Waals surface area contributed by atoms with Crippen LogP contribution in [0, 0.1) is 5.41 Å². The van der Waals surface area contributed by atoms with Crippen LogP contribution in [-0.2, 0) is 13.4 Å². The molecule has 6 N–H and O–H groups in total. The molecule has 13 heteroatoms. The van der Waals surface area contributed by atoms with E-state index in [9.17, 15) is 18.9 Å². The average molecular weight is 566 g/mol. The Labute approximate surface area is 218 Å². The van der Waals surface area contributed by atoms with Crippen molar-refractivity contribution in [3.05, 3.63) is 84.9 Å². The SMILES string of the molecule is O=P(O)(O)OP(=O)(Oc1cccc2ccccc12)Oc1cccc2ccccc12.OCC(CO)(CO)CO. The van der Waals surface area contributed by atoms with Crippen LogP contribution in [0.25, 0.3) is 21.5 Å². The van der Waals surface area contributed by atoms with Crippen LogP contribution in [0.15, 0.2) is 84.9 Å². The lowest BCUT2D eigenvalue weighted by molar-refractivity contribution is -0.0328. The predicted molar refractivity (Wildman–Crippen MR) is 141 cm³/mol. The predicted octanol–water partition coefficient (Wildman–Crippen LogP) is 3.61. The van der Waals surface area contributed by atoms with E-state index in [0.717, 1.165) is 10.8 Å². The van der Waals surface area contributed by atoms with Crippen molar-refractivity contribution in [2.45, 2.75) is 0 Å². The number of phosphoric acid groups is 2. The minimum Gasteiger partial charge on any atom is -0.396 e. The maximum Gasteiger partial charge on any atom is 0.596 e. The summed E-state index contributed by atoms with van der Waals surface area (Å²) in [6, 6.07) is 24.3. The molecule has 204 valence electrons. The van der Waals surface area contributed by atoms with Crippen LogP contribution < -0.4 is 9.05 Å². The van der Waals surface area contributed by atoms with Gasteiger partial charge in [-0.1, -0.05) is 72.8 Å². The lowest BCUT2D eigenvalue weighted by atomic mass is 9.93. The first kappa shape index (κ1) is 29.7. The summed E-state index contributed by atoms with van der Waals surface area (Å²) in [6.45, 7) is -1.62. The highest BCUT2D eigenvalue weighted by Gasteiger charge is 2.40. The number of hydrogen-bond acceptors (Lipinski definition) is 9. The lowest BCUT2D eigenvalue weighted by Crippen LogP contribution is -2.37. The Bertz CT molecular complexity index is 1340. The summed E-state index contributed by atoms with van der Waals surface area (Å²) >= 11 is 0. The summed E-state index contributed by atoms with van der Waals surface area (Å²) in [4.78, 5) is 18.6. The summed E-state index contributed by atoms with van der Waals surface area (Å²) in [6.07, 6.45) is 0. The van der Waals surface area contributed by atoms with Crippen molar-refractivity contribution in [1.82, 2.24) is 0 Å². The van der Waals surface area contributed by atoms with Crippen LogP contribution in [0.2, 0.25) is 0 Å². The summed E-state index contributed by atoms with van der Waals surface area (Å²) in [5, 5.41) is 36.7. The number of rotatable bonds is 10. The van der Waals surface area contributed by atoms with Crippen LogP contribution in [0.4, 0.5) is 0 Å². The van der Waals surface area contributed by atoms with E-state index in [2.05, 4.69) is 4.31 Å². The van der Waals surface area contributed by atoms with Gasteiger partial charge in [0.05, 0.1) is 31.8 Å². The molecule has 0 aromatic heterocycles. The average Bonchev–Trinajstić information content (AvgIpc) is 2.90. The number of hydrogen-bond donors (Lipinski definition) is 6. The third kappa shape index (κ3) is 7.61. The smallest absolute Gasteiger partial charge is 0.396 e. The number of phosphoric ester groups is 1. The van der Waals surface area contributed by atoms with Crippen molar-refractivity contribution in [2.24, 2.45) is 5.41 Å². The Morgan fingerprint density at radius 3 is 1.29 bits per heavy atom. The monoisotopic (exact) mass is 566 g/mol. The van der Waals surface area contributed by atoms with Crippen LogP contribution in [0.5, 0.6) is 11.5 Å². The van der Waals surface area contributed by atoms with E-state index in [1.807, 2.05) is 36.4 Å². The summed E-state index contributed by atoms with van der Waals surface area (Å²) in [5.41, 5.74) is -1.11. The first-order valence-electron chi connectivity index (χ1n) is 11.2. The van der Waals surface area contributed by atoms with Crippen molar-refractivity contribution >= 4 is 37.2 Å². The minimum absolute atomic E-state index is 0.111. The topological polar surface area (TPSA) is 183 Å². The third-order valence-electron chi connectivity index (χ3n) is 5.47. The van der Waals surface area contributed by atoms with Crippen molar-refractivity contribution in [2.75, 3.05) is 26.4 Å². The molecule has 0 unspecified atom stereocenters. The zero-order valence-corrected chi connectivity index (χ0v) is 21.8. The number of aliphatic hydroxyl groups excluding tert-OH is 4. The van der Waals surface area contributed by atoms with Crippen molar-refractivity contribution in [3.8, 4) is 11.5 Å². The highest BCUT2D eigenvalue weighted by molar-refractivity contribution is 7.61. The fourth-order valence-electron chi connectivity index (χ4n) is 3.27. The van der Waals surface area contributed by atoms with Gasteiger partial charge in [-0.3, -0.25) is 0 Å². The second kappa shape index (κ2) is 12.8. The molecule has 0 heterocycles. The fraction of sp³-hybridized carbons (Fsp3) is 0.200. The van der Waals surface area contributed by atoms with E-state index in [-0.39, 0.29) is 11.5 Å². The lowest BCUT2D eigenvalue weighted by Gasteiger charge is -2.23. The molecule has 38 heavy (non-hydrogen) atoms. The first-order valence-corrected chi connectivity index (χ1v) is 14.2. The van der Waals surface area contributed by atoms with Gasteiger partial charge >= 0.3 is 15.6 Å². The molecule has 0 fully saturated rings. The zero-order valence-electron chi connectivity index (χ0n) is 20.0. The summed E-state index contributed by atoms with van der Waals surface area (Å²) < 4.78 is 40.2. The fourth-order valence-corrected chi connectivity index (χ4v) is 5.42. The molecule has 4 rings (SSSR count). The summed E-state index contributed by atoms with van der Waals surface area (Å²) in [5.74, 6) is 0.222. The Morgan fingerprint density at radius 2 is 0.947 bits per heavy atom. The standard InChI is InChI=1S/C20H16O7P2.C5H12O4/c21-28(22,23)27-29(24,25-19-13-5-9-15-7-1-3-11-17(15)19)26-20-14-6-10-16-8-2-4-12-18(16)20;6-1-5(2-7,3-8)4-9/h1-14H,(H2,21,22,23);6-9H,1-4H2. The van der Waals surface area contributed by atoms with E-state index < -0.39 is 47.5 Å². The van der Waals surface area contributed by atoms with E-state index in [1.165, 1.54) is 12.1 Å². The van der Waals surface area contributed by atoms with E-state index in [4.69, 9.17) is 29.5 Å². The first-order chi connectivity index (χ1) is 18.1. The maximum absolute atomic E-state index is 13.3. The van der Waals surface area contributed by atoms with Gasteiger partial charge in [-0.05, 0) is 22.9 Å². The zero-order chi connectivity index (χ0) is 27.8. The number of aliphatic hydroxyl groups is 4. The van der Waals surface area contributed by atoms with Crippen molar-refractivity contribution < 1.29 is 52.7 Å². The molecule has 0 aliphatic rings. The van der Waals surface area contributed by atoms with Gasteiger partial charge in [0.15, 0.2) is 0 Å². The molecule has 0 radical (unpaired) electrons. The molecule has 4 aromatic carbocycles. The quantitative estimate of drug-likeness (QED) is 0.154. The molecule has 0 bridgehead atoms.